The van der Waals surface area contributed by atoms with Gasteiger partial charge in [-0.3, -0.25) is 0 Å². The van der Waals surface area contributed by atoms with Gasteiger partial charge in [-0.1, -0.05) is 13.2 Å². The third-order valence-corrected chi connectivity index (χ3v) is 1.21. The van der Waals surface area contributed by atoms with E-state index in [0.717, 1.165) is 11.5 Å². The van der Waals surface area contributed by atoms with Crippen LogP contribution in [-0.4, -0.2) is 0 Å². The van der Waals surface area contributed by atoms with E-state index in [1.165, 1.54) is 0 Å². The number of rotatable bonds is 4. The zero-order valence-corrected chi connectivity index (χ0v) is 7.13. The summed E-state index contributed by atoms with van der Waals surface area (Å²) in [7, 11) is 0. The molecule has 0 N–H and O–H groups in total. The Bertz CT molecular complexity index is 175. The van der Waals surface area contributed by atoms with Crippen LogP contribution >= 0.6 is 0 Å². The Hall–Kier alpha value is -1.24. The molecule has 0 saturated carbocycles. The summed E-state index contributed by atoms with van der Waals surface area (Å²) in [6.07, 6.45) is 7.01. The Labute approximate surface area is 68.4 Å². The molecule has 0 rings (SSSR count). The van der Waals surface area contributed by atoms with Crippen LogP contribution in [0, 0.1) is 0 Å². The molecule has 1 nitrogen and oxygen atoms in total. The second kappa shape index (κ2) is 5.54. The first-order valence-electron chi connectivity index (χ1n) is 3.53. The van der Waals surface area contributed by atoms with Gasteiger partial charge in [0.05, 0.1) is 0 Å². The largest absolute Gasteiger partial charge is 0.458 e. The fourth-order valence-electron chi connectivity index (χ4n) is 0.573. The summed E-state index contributed by atoms with van der Waals surface area (Å²) < 4.78 is 5.33. The fourth-order valence-corrected chi connectivity index (χ4v) is 0.573. The quantitative estimate of drug-likeness (QED) is 0.441. The molecule has 11 heavy (non-hydrogen) atoms. The summed E-state index contributed by atoms with van der Waals surface area (Å²) in [4.78, 5) is 0. The molecule has 0 aliphatic carbocycles. The van der Waals surface area contributed by atoms with Crippen LogP contribution in [0.2, 0.25) is 0 Å². The van der Waals surface area contributed by atoms with Crippen LogP contribution in [0.15, 0.2) is 49.0 Å². The molecule has 0 radical (unpaired) electrons. The van der Waals surface area contributed by atoms with Crippen molar-refractivity contribution in [2.75, 3.05) is 0 Å². The first-order chi connectivity index (χ1) is 5.28. The molecule has 0 fully saturated rings. The molecule has 0 unspecified atom stereocenters. The van der Waals surface area contributed by atoms with Gasteiger partial charge in [0.15, 0.2) is 0 Å². The third-order valence-electron chi connectivity index (χ3n) is 1.21. The maximum Gasteiger partial charge on any atom is 0.122 e. The number of allylic oxidation sites excluding steroid dienone is 4. The second-order valence-electron chi connectivity index (χ2n) is 1.89. The first kappa shape index (κ1) is 9.76. The lowest BCUT2D eigenvalue weighted by atomic mass is 10.4. The smallest absolute Gasteiger partial charge is 0.122 e. The predicted molar refractivity (Wildman–Crippen MR) is 49.0 cm³/mol. The lowest BCUT2D eigenvalue weighted by molar-refractivity contribution is 0.335. The summed E-state index contributed by atoms with van der Waals surface area (Å²) in [5, 5.41) is 0. The van der Waals surface area contributed by atoms with Gasteiger partial charge in [-0.2, -0.15) is 0 Å². The minimum atomic E-state index is 0.748. The van der Waals surface area contributed by atoms with E-state index in [1.54, 1.807) is 12.2 Å². The molecular formula is C10H14O. The normalized spacial score (nSPS) is 12.5. The van der Waals surface area contributed by atoms with Gasteiger partial charge in [-0.05, 0) is 38.2 Å². The zero-order chi connectivity index (χ0) is 8.69. The summed E-state index contributed by atoms with van der Waals surface area (Å²) in [6.45, 7) is 11.0. The van der Waals surface area contributed by atoms with Crippen molar-refractivity contribution in [1.29, 1.82) is 0 Å². The van der Waals surface area contributed by atoms with Crippen LogP contribution in [0.4, 0.5) is 0 Å². The highest BCUT2D eigenvalue weighted by Gasteiger charge is 1.91. The van der Waals surface area contributed by atoms with Crippen LogP contribution in [0.25, 0.3) is 0 Å². The molecule has 0 aliphatic heterocycles. The molecule has 0 spiro atoms. The maximum atomic E-state index is 5.33. The lowest BCUT2D eigenvalue weighted by Crippen LogP contribution is -1.86. The van der Waals surface area contributed by atoms with Crippen molar-refractivity contribution in [2.45, 2.75) is 13.8 Å². The molecule has 0 atom stereocenters. The molecule has 0 heterocycles. The van der Waals surface area contributed by atoms with E-state index in [0.29, 0.717) is 0 Å². The van der Waals surface area contributed by atoms with Crippen molar-refractivity contribution in [3.05, 3.63) is 49.0 Å². The highest BCUT2D eigenvalue weighted by molar-refractivity contribution is 5.16. The van der Waals surface area contributed by atoms with Crippen molar-refractivity contribution >= 4 is 0 Å². The molecule has 0 bridgehead atoms. The van der Waals surface area contributed by atoms with E-state index in [-0.39, 0.29) is 0 Å². The minimum Gasteiger partial charge on any atom is -0.458 e. The third kappa shape index (κ3) is 3.46. The Balaban J connectivity index is 4.22. The van der Waals surface area contributed by atoms with Crippen LogP contribution in [-0.2, 0) is 4.74 Å². The summed E-state index contributed by atoms with van der Waals surface area (Å²) in [5.41, 5.74) is 0. The van der Waals surface area contributed by atoms with E-state index < -0.39 is 0 Å². The van der Waals surface area contributed by atoms with E-state index in [2.05, 4.69) is 13.2 Å². The molecule has 0 aromatic heterocycles. The molecule has 60 valence electrons. The van der Waals surface area contributed by atoms with Crippen LogP contribution in [0.5, 0.6) is 0 Å². The van der Waals surface area contributed by atoms with Crippen molar-refractivity contribution in [2.24, 2.45) is 0 Å². The van der Waals surface area contributed by atoms with E-state index in [1.807, 2.05) is 26.0 Å². The highest BCUT2D eigenvalue weighted by atomic mass is 16.5. The molecule has 0 saturated heterocycles. The SMILES string of the molecule is C=C/C(=C\C)O/C(C=C)=C/C. The van der Waals surface area contributed by atoms with Crippen molar-refractivity contribution in [3.63, 3.8) is 0 Å². The molecule has 0 aromatic rings. The van der Waals surface area contributed by atoms with E-state index in [4.69, 9.17) is 4.74 Å². The maximum absolute atomic E-state index is 5.33. The van der Waals surface area contributed by atoms with Gasteiger partial charge >= 0.3 is 0 Å². The average molecular weight is 150 g/mol. The lowest BCUT2D eigenvalue weighted by Gasteiger charge is -2.04. The number of ether oxygens (including phenoxy) is 1. The van der Waals surface area contributed by atoms with Gasteiger partial charge in [0.1, 0.15) is 11.5 Å². The van der Waals surface area contributed by atoms with E-state index in [9.17, 15) is 0 Å². The fraction of sp³-hybridized carbons (Fsp3) is 0.200. The Morgan fingerprint density at radius 3 is 1.55 bits per heavy atom. The van der Waals surface area contributed by atoms with Crippen LogP contribution in [0.3, 0.4) is 0 Å². The van der Waals surface area contributed by atoms with Crippen molar-refractivity contribution in [3.8, 4) is 0 Å². The summed E-state index contributed by atoms with van der Waals surface area (Å²) in [5.74, 6) is 1.50. The van der Waals surface area contributed by atoms with Gasteiger partial charge in [0.2, 0.25) is 0 Å². The Morgan fingerprint density at radius 2 is 1.36 bits per heavy atom. The Morgan fingerprint density at radius 1 is 1.00 bits per heavy atom. The van der Waals surface area contributed by atoms with Crippen LogP contribution in [0.1, 0.15) is 13.8 Å². The van der Waals surface area contributed by atoms with E-state index >= 15 is 0 Å². The standard InChI is InChI=1S/C10H14O/c1-5-9(6-2)11-10(7-3)8-4/h5-8H,1,3H2,2,4H3/b9-6+,10-8+. The first-order valence-corrected chi connectivity index (χ1v) is 3.53. The predicted octanol–water partition coefficient (Wildman–Crippen LogP) is 3.18. The molecule has 0 aromatic carbocycles. The highest BCUT2D eigenvalue weighted by Crippen LogP contribution is 2.07. The zero-order valence-electron chi connectivity index (χ0n) is 7.13. The molecular weight excluding hydrogens is 136 g/mol. The molecule has 1 heteroatoms. The number of hydrogen-bond donors (Lipinski definition) is 0. The Kier molecular flexibility index (Phi) is 4.91. The molecule has 0 aliphatic rings. The summed E-state index contributed by atoms with van der Waals surface area (Å²) >= 11 is 0. The van der Waals surface area contributed by atoms with Gasteiger partial charge in [0.25, 0.3) is 0 Å². The number of hydrogen-bond acceptors (Lipinski definition) is 1. The monoisotopic (exact) mass is 150 g/mol. The van der Waals surface area contributed by atoms with Gasteiger partial charge in [-0.15, -0.1) is 0 Å². The van der Waals surface area contributed by atoms with Gasteiger partial charge in [-0.25, -0.2) is 0 Å². The van der Waals surface area contributed by atoms with Crippen molar-refractivity contribution < 1.29 is 4.74 Å². The van der Waals surface area contributed by atoms with Gasteiger partial charge in [0, 0.05) is 0 Å². The minimum absolute atomic E-state index is 0.748. The summed E-state index contributed by atoms with van der Waals surface area (Å²) in [6, 6.07) is 0. The molecule has 0 amide bonds. The second-order valence-corrected chi connectivity index (χ2v) is 1.89. The van der Waals surface area contributed by atoms with Crippen LogP contribution < -0.4 is 0 Å². The average Bonchev–Trinajstić information content (AvgIpc) is 2.07. The topological polar surface area (TPSA) is 9.23 Å². The van der Waals surface area contributed by atoms with Gasteiger partial charge < -0.3 is 4.74 Å². The van der Waals surface area contributed by atoms with Crippen molar-refractivity contribution in [1.82, 2.24) is 0 Å².